The van der Waals surface area contributed by atoms with E-state index < -0.39 is 58.7 Å². The van der Waals surface area contributed by atoms with Gasteiger partial charge in [0.1, 0.15) is 10.9 Å². The normalized spacial score (nSPS) is 15.2. The molecule has 2 unspecified atom stereocenters. The van der Waals surface area contributed by atoms with E-state index in [0.29, 0.717) is 13.1 Å². The molecule has 2 atom stereocenters. The Hall–Kier alpha value is -3.14. The zero-order valence-corrected chi connectivity index (χ0v) is 21.6. The van der Waals surface area contributed by atoms with E-state index in [1.165, 1.54) is 13.2 Å². The highest BCUT2D eigenvalue weighted by Gasteiger charge is 2.36. The number of esters is 2. The van der Waals surface area contributed by atoms with Crippen LogP contribution in [0, 0.1) is 11.6 Å². The standard InChI is InChI=1S/C13H13F4NO3.C10H7BrF4O3/c1-20-12(19)11(18-5-2-6-18)8-3-4-9(14)10(7-8)21-13(15,16)17;1-17-9(16)8(11)5-2-3-6(12)7(4-5)18-10(13,14)15/h3-4,7,11H,2,5-6H2,1H3;2-4,8H,1H3. The van der Waals surface area contributed by atoms with Gasteiger partial charge in [-0.1, -0.05) is 28.1 Å². The molecule has 1 saturated heterocycles. The number of nitrogens with zero attached hydrogens (tertiary/aromatic N) is 1. The monoisotopic (exact) mass is 637 g/mol. The fraction of sp³-hybridized carbons (Fsp3) is 0.391. The molecule has 0 spiro atoms. The molecular formula is C23H20BrF8NO6. The molecule has 1 heterocycles. The smallest absolute Gasteiger partial charge is 0.468 e. The number of hydrogen-bond acceptors (Lipinski definition) is 7. The zero-order chi connectivity index (χ0) is 29.5. The number of ether oxygens (including phenoxy) is 4. The maximum absolute atomic E-state index is 13.4. The Morgan fingerprint density at radius 1 is 0.795 bits per heavy atom. The molecule has 216 valence electrons. The first kappa shape index (κ1) is 32.1. The van der Waals surface area contributed by atoms with Crippen molar-refractivity contribution in [3.8, 4) is 11.5 Å². The van der Waals surface area contributed by atoms with Crippen LogP contribution in [0.1, 0.15) is 28.4 Å². The molecule has 1 aliphatic rings. The molecule has 0 aliphatic carbocycles. The largest absolute Gasteiger partial charge is 0.573 e. The molecule has 16 heteroatoms. The fourth-order valence-corrected chi connectivity index (χ4v) is 3.69. The first-order valence-electron chi connectivity index (χ1n) is 10.7. The summed E-state index contributed by atoms with van der Waals surface area (Å²) in [5.41, 5.74) is 0.282. The summed E-state index contributed by atoms with van der Waals surface area (Å²) in [5, 5.41) is 0. The number of halogens is 9. The number of hydrogen-bond donors (Lipinski definition) is 0. The third-order valence-electron chi connectivity index (χ3n) is 5.06. The summed E-state index contributed by atoms with van der Waals surface area (Å²) in [7, 11) is 2.30. The Bertz CT molecular complexity index is 1160. The Morgan fingerprint density at radius 2 is 1.23 bits per heavy atom. The van der Waals surface area contributed by atoms with E-state index in [0.717, 1.165) is 43.9 Å². The SMILES string of the molecule is COC(=O)C(Br)c1ccc(F)c(OC(F)(F)F)c1.COC(=O)C(c1ccc(F)c(OC(F)(F)F)c1)N1CCC1. The predicted octanol–water partition coefficient (Wildman–Crippen LogP) is 5.98. The highest BCUT2D eigenvalue weighted by Crippen LogP contribution is 2.33. The summed E-state index contributed by atoms with van der Waals surface area (Å²) >= 11 is 2.92. The lowest BCUT2D eigenvalue weighted by molar-refractivity contribution is -0.276. The van der Waals surface area contributed by atoms with Gasteiger partial charge in [0.05, 0.1) is 14.2 Å². The number of likely N-dealkylation sites (tertiary alicyclic amines) is 1. The second-order valence-electron chi connectivity index (χ2n) is 7.68. The van der Waals surface area contributed by atoms with Crippen LogP contribution in [0.5, 0.6) is 11.5 Å². The van der Waals surface area contributed by atoms with E-state index in [9.17, 15) is 44.7 Å². The van der Waals surface area contributed by atoms with Crippen molar-refractivity contribution in [2.45, 2.75) is 30.0 Å². The summed E-state index contributed by atoms with van der Waals surface area (Å²) in [6, 6.07) is 4.80. The minimum absolute atomic E-state index is 0.0856. The van der Waals surface area contributed by atoms with E-state index in [1.807, 2.05) is 0 Å². The molecule has 0 N–H and O–H groups in total. The molecule has 2 aromatic rings. The van der Waals surface area contributed by atoms with Crippen molar-refractivity contribution < 1.29 is 63.7 Å². The number of methoxy groups -OCH3 is 2. The van der Waals surface area contributed by atoms with Gasteiger partial charge in [0.2, 0.25) is 0 Å². The maximum Gasteiger partial charge on any atom is 0.573 e. The summed E-state index contributed by atoms with van der Waals surface area (Å²) in [5.74, 6) is -5.63. The number of rotatable bonds is 7. The molecule has 3 rings (SSSR count). The van der Waals surface area contributed by atoms with Gasteiger partial charge in [0.15, 0.2) is 23.1 Å². The van der Waals surface area contributed by atoms with Crippen LogP contribution in [0.4, 0.5) is 35.1 Å². The molecule has 0 amide bonds. The van der Waals surface area contributed by atoms with Gasteiger partial charge in [-0.25, -0.2) is 13.6 Å². The average Bonchev–Trinajstić information content (AvgIpc) is 2.81. The minimum atomic E-state index is -5.01. The second kappa shape index (κ2) is 13.3. The van der Waals surface area contributed by atoms with Crippen LogP contribution in [0.25, 0.3) is 0 Å². The fourth-order valence-electron chi connectivity index (χ4n) is 3.22. The predicted molar refractivity (Wildman–Crippen MR) is 121 cm³/mol. The molecule has 39 heavy (non-hydrogen) atoms. The molecule has 0 aromatic heterocycles. The van der Waals surface area contributed by atoms with Gasteiger partial charge in [-0.2, -0.15) is 0 Å². The van der Waals surface area contributed by atoms with Crippen LogP contribution in [0.2, 0.25) is 0 Å². The van der Waals surface area contributed by atoms with Gasteiger partial charge in [-0.3, -0.25) is 9.69 Å². The lowest BCUT2D eigenvalue weighted by Gasteiger charge is -2.36. The Balaban J connectivity index is 0.000000277. The highest BCUT2D eigenvalue weighted by atomic mass is 79.9. The molecular weight excluding hydrogens is 618 g/mol. The third kappa shape index (κ3) is 9.53. The maximum atomic E-state index is 13.4. The molecule has 1 aliphatic heterocycles. The first-order valence-corrected chi connectivity index (χ1v) is 11.6. The van der Waals surface area contributed by atoms with Gasteiger partial charge in [0, 0.05) is 13.1 Å². The van der Waals surface area contributed by atoms with Gasteiger partial charge in [0.25, 0.3) is 0 Å². The van der Waals surface area contributed by atoms with E-state index >= 15 is 0 Å². The lowest BCUT2D eigenvalue weighted by Crippen LogP contribution is -2.43. The van der Waals surface area contributed by atoms with Crippen LogP contribution in [0.15, 0.2) is 36.4 Å². The quantitative estimate of drug-likeness (QED) is 0.210. The summed E-state index contributed by atoms with van der Waals surface area (Å²) in [6.45, 7) is 1.24. The third-order valence-corrected chi connectivity index (χ3v) is 5.96. The van der Waals surface area contributed by atoms with Crippen LogP contribution in [0.3, 0.4) is 0 Å². The molecule has 1 fully saturated rings. The Labute approximate surface area is 224 Å². The molecule has 0 saturated carbocycles. The van der Waals surface area contributed by atoms with Crippen LogP contribution >= 0.6 is 15.9 Å². The highest BCUT2D eigenvalue weighted by molar-refractivity contribution is 9.09. The average molecular weight is 638 g/mol. The zero-order valence-electron chi connectivity index (χ0n) is 20.0. The first-order chi connectivity index (χ1) is 18.1. The summed E-state index contributed by atoms with van der Waals surface area (Å²) in [4.78, 5) is 23.7. The molecule has 0 radical (unpaired) electrons. The van der Waals surface area contributed by atoms with Gasteiger partial charge < -0.3 is 18.9 Å². The number of alkyl halides is 7. The van der Waals surface area contributed by atoms with Crippen molar-refractivity contribution in [2.75, 3.05) is 27.3 Å². The molecule has 2 aromatic carbocycles. The van der Waals surface area contributed by atoms with Gasteiger partial charge in [-0.05, 0) is 41.8 Å². The van der Waals surface area contributed by atoms with Crippen LogP contribution in [-0.2, 0) is 19.1 Å². The number of carbonyl (C=O) groups is 2. The number of carbonyl (C=O) groups excluding carboxylic acids is 2. The minimum Gasteiger partial charge on any atom is -0.468 e. The topological polar surface area (TPSA) is 74.3 Å². The van der Waals surface area contributed by atoms with Crippen LogP contribution < -0.4 is 9.47 Å². The van der Waals surface area contributed by atoms with Crippen molar-refractivity contribution in [1.29, 1.82) is 0 Å². The van der Waals surface area contributed by atoms with Crippen molar-refractivity contribution in [3.63, 3.8) is 0 Å². The Kier molecular flexibility index (Phi) is 10.9. The van der Waals surface area contributed by atoms with Gasteiger partial charge >= 0.3 is 24.7 Å². The van der Waals surface area contributed by atoms with Crippen molar-refractivity contribution in [3.05, 3.63) is 59.2 Å². The molecule has 7 nitrogen and oxygen atoms in total. The van der Waals surface area contributed by atoms with E-state index in [1.54, 1.807) is 4.90 Å². The summed E-state index contributed by atoms with van der Waals surface area (Å²) < 4.78 is 115. The van der Waals surface area contributed by atoms with Crippen molar-refractivity contribution in [2.24, 2.45) is 0 Å². The Morgan fingerprint density at radius 3 is 1.62 bits per heavy atom. The van der Waals surface area contributed by atoms with Crippen LogP contribution in [-0.4, -0.2) is 56.9 Å². The number of benzene rings is 2. The molecule has 0 bridgehead atoms. The van der Waals surface area contributed by atoms with Crippen molar-refractivity contribution >= 4 is 27.9 Å². The van der Waals surface area contributed by atoms with E-state index in [4.69, 9.17) is 0 Å². The second-order valence-corrected chi connectivity index (χ2v) is 8.59. The van der Waals surface area contributed by atoms with E-state index in [-0.39, 0.29) is 11.1 Å². The van der Waals surface area contributed by atoms with Gasteiger partial charge in [-0.15, -0.1) is 26.3 Å². The lowest BCUT2D eigenvalue weighted by atomic mass is 10.0. The van der Waals surface area contributed by atoms with E-state index in [2.05, 4.69) is 34.9 Å². The summed E-state index contributed by atoms with van der Waals surface area (Å²) in [6.07, 6.45) is -9.13. The van der Waals surface area contributed by atoms with Crippen molar-refractivity contribution in [1.82, 2.24) is 4.90 Å².